The monoisotopic (exact) mass is 208 g/mol. The summed E-state index contributed by atoms with van der Waals surface area (Å²) in [6, 6.07) is 0. The van der Waals surface area contributed by atoms with Gasteiger partial charge in [-0.25, -0.2) is 0 Å². The fourth-order valence-electron chi connectivity index (χ4n) is 2.47. The van der Waals surface area contributed by atoms with Crippen molar-refractivity contribution < 1.29 is 9.53 Å². The van der Waals surface area contributed by atoms with Gasteiger partial charge >= 0.3 is 0 Å². The minimum atomic E-state index is -0.264. The van der Waals surface area contributed by atoms with Crippen molar-refractivity contribution in [1.82, 2.24) is 0 Å². The van der Waals surface area contributed by atoms with Crippen LogP contribution in [0.5, 0.6) is 0 Å². The fourth-order valence-corrected chi connectivity index (χ4v) is 2.47. The lowest BCUT2D eigenvalue weighted by Crippen LogP contribution is -2.35. The van der Waals surface area contributed by atoms with Crippen molar-refractivity contribution in [3.05, 3.63) is 0 Å². The highest BCUT2D eigenvalue weighted by Crippen LogP contribution is 2.35. The number of rotatable bonds is 3. The predicted octanol–water partition coefficient (Wildman–Crippen LogP) is 2.58. The van der Waals surface area contributed by atoms with Crippen molar-refractivity contribution in [3.8, 4) is 0 Å². The van der Waals surface area contributed by atoms with Crippen molar-refractivity contribution in [3.63, 3.8) is 0 Å². The molecule has 3 heteroatoms. The average Bonchev–Trinajstić information content (AvgIpc) is 2.17. The molecule has 1 aliphatic rings. The van der Waals surface area contributed by atoms with Crippen LogP contribution in [-0.4, -0.2) is 19.9 Å². The summed E-state index contributed by atoms with van der Waals surface area (Å²) >= 11 is 0. The van der Waals surface area contributed by atoms with Gasteiger partial charge in [0, 0.05) is 6.32 Å². The molecule has 1 rings (SSSR count). The van der Waals surface area contributed by atoms with E-state index in [9.17, 15) is 4.79 Å². The van der Waals surface area contributed by atoms with Crippen LogP contribution in [0.4, 0.5) is 0 Å². The van der Waals surface area contributed by atoms with Crippen LogP contribution in [-0.2, 0) is 9.53 Å². The molecule has 1 saturated carbocycles. The Morgan fingerprint density at radius 2 is 2.13 bits per heavy atom. The van der Waals surface area contributed by atoms with E-state index in [1.807, 2.05) is 0 Å². The predicted molar refractivity (Wildman–Crippen MR) is 61.8 cm³/mol. The summed E-state index contributed by atoms with van der Waals surface area (Å²) in [6.45, 7) is 6.62. The maximum Gasteiger partial charge on any atom is 0.297 e. The Kier molecular flexibility index (Phi) is 4.68. The van der Waals surface area contributed by atoms with Gasteiger partial charge in [0.2, 0.25) is 0 Å². The fraction of sp³-hybridized carbons (Fsp3) is 0.917. The molecular weight excluding hydrogens is 187 g/mol. The number of ether oxygens (including phenoxy) is 1. The minimum Gasteiger partial charge on any atom is -0.463 e. The van der Waals surface area contributed by atoms with Gasteiger partial charge in [-0.2, -0.15) is 0 Å². The van der Waals surface area contributed by atoms with Gasteiger partial charge in [0.05, 0.1) is 7.85 Å². The van der Waals surface area contributed by atoms with Crippen molar-refractivity contribution >= 4 is 13.8 Å². The molecule has 0 spiro atoms. The second kappa shape index (κ2) is 5.57. The molecule has 0 aromatic rings. The molecule has 0 heterocycles. The van der Waals surface area contributed by atoms with E-state index in [1.165, 1.54) is 12.8 Å². The third-order valence-corrected chi connectivity index (χ3v) is 3.41. The van der Waals surface area contributed by atoms with Gasteiger partial charge in [-0.1, -0.05) is 27.2 Å². The van der Waals surface area contributed by atoms with Gasteiger partial charge in [0.25, 0.3) is 5.97 Å². The van der Waals surface area contributed by atoms with E-state index >= 15 is 0 Å². The normalized spacial score (nSPS) is 31.6. The molecule has 0 bridgehead atoms. The number of hydrogen-bond acceptors (Lipinski definition) is 2. The first-order valence-corrected chi connectivity index (χ1v) is 5.94. The smallest absolute Gasteiger partial charge is 0.297 e. The van der Waals surface area contributed by atoms with E-state index in [2.05, 4.69) is 20.8 Å². The Balaban J connectivity index is 2.57. The van der Waals surface area contributed by atoms with Crippen LogP contribution in [0, 0.1) is 17.8 Å². The van der Waals surface area contributed by atoms with Crippen LogP contribution in [0.3, 0.4) is 0 Å². The highest BCUT2D eigenvalue weighted by atomic mass is 16.5. The van der Waals surface area contributed by atoms with Crippen molar-refractivity contribution in [2.75, 3.05) is 0 Å². The molecule has 1 fully saturated rings. The van der Waals surface area contributed by atoms with Crippen molar-refractivity contribution in [1.29, 1.82) is 0 Å². The van der Waals surface area contributed by atoms with E-state index in [-0.39, 0.29) is 18.4 Å². The largest absolute Gasteiger partial charge is 0.463 e. The first kappa shape index (κ1) is 12.6. The molecule has 1 aliphatic carbocycles. The quantitative estimate of drug-likeness (QED) is 0.526. The lowest BCUT2D eigenvalue weighted by Gasteiger charge is -2.36. The maximum absolute atomic E-state index is 11.2. The molecule has 2 nitrogen and oxygen atoms in total. The van der Waals surface area contributed by atoms with Gasteiger partial charge in [0.15, 0.2) is 0 Å². The van der Waals surface area contributed by atoms with E-state index in [0.717, 1.165) is 6.42 Å². The minimum absolute atomic E-state index is 0.00427. The summed E-state index contributed by atoms with van der Waals surface area (Å²) in [6.07, 6.45) is 3.50. The highest BCUT2D eigenvalue weighted by Gasteiger charge is 2.32. The van der Waals surface area contributed by atoms with Gasteiger partial charge in [-0.3, -0.25) is 4.79 Å². The molecule has 0 aromatic heterocycles. The molecule has 0 aromatic carbocycles. The summed E-state index contributed by atoms with van der Waals surface area (Å²) in [5, 5.41) is 0. The lowest BCUT2D eigenvalue weighted by atomic mass is 9.75. The molecule has 0 amide bonds. The van der Waals surface area contributed by atoms with Crippen LogP contribution in [0.15, 0.2) is 0 Å². The van der Waals surface area contributed by atoms with Crippen LogP contribution in [0.25, 0.3) is 0 Å². The Morgan fingerprint density at radius 1 is 1.47 bits per heavy atom. The molecule has 0 N–H and O–H groups in total. The summed E-state index contributed by atoms with van der Waals surface area (Å²) in [5.41, 5.74) is 0. The summed E-state index contributed by atoms with van der Waals surface area (Å²) in [7, 11) is 5.27. The first-order chi connectivity index (χ1) is 7.04. The van der Waals surface area contributed by atoms with E-state index < -0.39 is 0 Å². The number of esters is 1. The summed E-state index contributed by atoms with van der Waals surface area (Å²) < 4.78 is 5.42. The second-order valence-electron chi connectivity index (χ2n) is 5.06. The molecule has 0 aliphatic heterocycles. The first-order valence-electron chi connectivity index (χ1n) is 5.94. The standard InChI is InChI=1S/C12H21BO2/c1-8(2)10-5-4-9(3)6-11(10)15-12(14)7-13/h8-11H,4-7H2,1-3H3/t9-,10+,11-/m1/s1. The Bertz CT molecular complexity index is 216. The zero-order valence-corrected chi connectivity index (χ0v) is 10.0. The molecule has 0 saturated heterocycles. The Labute approximate surface area is 94.2 Å². The molecule has 3 atom stereocenters. The molecule has 15 heavy (non-hydrogen) atoms. The van der Waals surface area contributed by atoms with Crippen LogP contribution in [0.2, 0.25) is 6.32 Å². The Morgan fingerprint density at radius 3 is 2.67 bits per heavy atom. The number of hydrogen-bond donors (Lipinski definition) is 0. The second-order valence-corrected chi connectivity index (χ2v) is 5.06. The lowest BCUT2D eigenvalue weighted by molar-refractivity contribution is -0.153. The summed E-state index contributed by atoms with van der Waals surface area (Å²) in [4.78, 5) is 11.2. The molecule has 84 valence electrons. The number of carbonyl (C=O) groups is 1. The van der Waals surface area contributed by atoms with E-state index in [0.29, 0.717) is 17.8 Å². The zero-order valence-electron chi connectivity index (χ0n) is 10.0. The molecular formula is C12H21BO2. The summed E-state index contributed by atoms with van der Waals surface area (Å²) in [5.74, 6) is 1.49. The van der Waals surface area contributed by atoms with Crippen LogP contribution in [0.1, 0.15) is 40.0 Å². The van der Waals surface area contributed by atoms with Gasteiger partial charge in [-0.15, -0.1) is 0 Å². The maximum atomic E-state index is 11.2. The van der Waals surface area contributed by atoms with Crippen molar-refractivity contribution in [2.45, 2.75) is 52.5 Å². The number of carbonyl (C=O) groups excluding carboxylic acids is 1. The van der Waals surface area contributed by atoms with Crippen molar-refractivity contribution in [2.24, 2.45) is 17.8 Å². The van der Waals surface area contributed by atoms with Gasteiger partial charge < -0.3 is 4.74 Å². The SMILES string of the molecule is [B]CC(=O)O[C@@H]1C[C@H](C)CC[C@H]1C(C)C. The van der Waals surface area contributed by atoms with Crippen LogP contribution < -0.4 is 0 Å². The zero-order chi connectivity index (χ0) is 11.4. The van der Waals surface area contributed by atoms with Gasteiger partial charge in [0.1, 0.15) is 6.10 Å². The Hall–Kier alpha value is -0.465. The average molecular weight is 208 g/mol. The van der Waals surface area contributed by atoms with Gasteiger partial charge in [-0.05, 0) is 30.6 Å². The third-order valence-electron chi connectivity index (χ3n) is 3.41. The molecule has 0 unspecified atom stereocenters. The van der Waals surface area contributed by atoms with E-state index in [4.69, 9.17) is 12.6 Å². The van der Waals surface area contributed by atoms with Crippen LogP contribution >= 0.6 is 0 Å². The topological polar surface area (TPSA) is 26.3 Å². The third kappa shape index (κ3) is 3.55. The van der Waals surface area contributed by atoms with E-state index in [1.54, 1.807) is 0 Å². The molecule has 2 radical (unpaired) electrons. The highest BCUT2D eigenvalue weighted by molar-refractivity contribution is 6.18.